The van der Waals surface area contributed by atoms with Crippen molar-refractivity contribution in [1.29, 1.82) is 0 Å². The molecule has 0 fully saturated rings. The molecule has 5 aromatic carbocycles. The van der Waals surface area contributed by atoms with Gasteiger partial charge in [0.15, 0.2) is 23.6 Å². The summed E-state index contributed by atoms with van der Waals surface area (Å²) in [6, 6.07) is 21.3. The zero-order valence-electron chi connectivity index (χ0n) is 38.2. The first-order valence-corrected chi connectivity index (χ1v) is 20.9. The minimum atomic E-state index is -1.65. The molecule has 5 rings (SSSR count). The maximum absolute atomic E-state index is 13.5. The van der Waals surface area contributed by atoms with Crippen LogP contribution >= 0.6 is 0 Å². The Balaban J connectivity index is 1.25. The van der Waals surface area contributed by atoms with Gasteiger partial charge in [0.1, 0.15) is 5.75 Å². The molecule has 5 amide bonds. The van der Waals surface area contributed by atoms with Gasteiger partial charge in [0.05, 0.1) is 53.9 Å². The molecule has 0 radical (unpaired) electrons. The lowest BCUT2D eigenvalue weighted by Crippen LogP contribution is -2.54. The number of aromatic hydroxyl groups is 1. The molecule has 0 bridgehead atoms. The van der Waals surface area contributed by atoms with Gasteiger partial charge < -0.3 is 55.4 Å². The van der Waals surface area contributed by atoms with E-state index in [4.69, 9.17) is 23.7 Å². The van der Waals surface area contributed by atoms with Gasteiger partial charge in [-0.15, -0.1) is 0 Å². The number of methoxy groups -OCH3 is 3. The number of benzene rings is 5. The number of esters is 2. The third-order valence-electron chi connectivity index (χ3n) is 9.71. The topological polar surface area (TPSA) is 289 Å². The molecule has 0 unspecified atom stereocenters. The van der Waals surface area contributed by atoms with Crippen molar-refractivity contribution in [2.75, 3.05) is 42.6 Å². The minimum absolute atomic E-state index is 0.0209. The summed E-state index contributed by atoms with van der Waals surface area (Å²) in [4.78, 5) is 102. The van der Waals surface area contributed by atoms with E-state index < -0.39 is 70.4 Å². The van der Waals surface area contributed by atoms with Crippen molar-refractivity contribution in [3.05, 3.63) is 141 Å². The normalized spacial score (nSPS) is 11.6. The lowest BCUT2D eigenvalue weighted by Gasteiger charge is -2.24. The predicted molar refractivity (Wildman–Crippen MR) is 250 cm³/mol. The molecule has 0 aromatic heterocycles. The van der Waals surface area contributed by atoms with E-state index in [0.29, 0.717) is 0 Å². The van der Waals surface area contributed by atoms with Gasteiger partial charge in [-0.2, -0.15) is 0 Å². The van der Waals surface area contributed by atoms with Crippen LogP contribution in [0.25, 0.3) is 0 Å². The van der Waals surface area contributed by atoms with Crippen molar-refractivity contribution < 1.29 is 67.3 Å². The first-order chi connectivity index (χ1) is 32.8. The molecule has 0 spiro atoms. The summed E-state index contributed by atoms with van der Waals surface area (Å²) in [6.45, 7) is 6.88. The number of nitrogens with zero attached hydrogens (tertiary/aromatic N) is 1. The van der Waals surface area contributed by atoms with E-state index >= 15 is 0 Å². The summed E-state index contributed by atoms with van der Waals surface area (Å²) in [5, 5.41) is 35.2. The first-order valence-electron chi connectivity index (χ1n) is 20.9. The predicted octanol–water partition coefficient (Wildman–Crippen LogP) is 6.34. The molecule has 5 aromatic rings. The highest BCUT2D eigenvalue weighted by Gasteiger charge is 2.37. The number of rotatable bonds is 19. The van der Waals surface area contributed by atoms with Crippen LogP contribution in [0.15, 0.2) is 103 Å². The minimum Gasteiger partial charge on any atom is -0.504 e. The SMILES string of the molecule is COC(=O)c1ccc(NC(=O)c2ccc(NC(=O)c3ccc(NC(=O)[C@@H](OC)[C@H](NC(=O)c4ccc(NC(=O)c5ccc([N+](=O)[O-])cc5)cc4)C(=O)OC)cc3)c(OC(C)C)c2O)c(OC(C)C)c1. The number of nitro groups is 1. The van der Waals surface area contributed by atoms with Crippen LogP contribution in [0.2, 0.25) is 0 Å². The van der Waals surface area contributed by atoms with Gasteiger partial charge in [0, 0.05) is 47.3 Å². The van der Waals surface area contributed by atoms with Crippen molar-refractivity contribution >= 4 is 69.9 Å². The van der Waals surface area contributed by atoms with Crippen LogP contribution in [0.5, 0.6) is 17.2 Å². The molecule has 0 aliphatic carbocycles. The van der Waals surface area contributed by atoms with E-state index in [1.54, 1.807) is 27.7 Å². The Morgan fingerprint density at radius 1 is 0.580 bits per heavy atom. The van der Waals surface area contributed by atoms with E-state index in [1.807, 2.05) is 0 Å². The van der Waals surface area contributed by atoms with Gasteiger partial charge in [-0.3, -0.25) is 34.1 Å². The summed E-state index contributed by atoms with van der Waals surface area (Å²) in [5.41, 5.74) is 0.752. The number of carbonyl (C=O) groups is 7. The highest BCUT2D eigenvalue weighted by molar-refractivity contribution is 6.10. The fraction of sp³-hybridized carbons (Fsp3) is 0.229. The second kappa shape index (κ2) is 23.1. The molecule has 21 heteroatoms. The summed E-state index contributed by atoms with van der Waals surface area (Å²) in [6.07, 6.45) is -2.46. The number of amides is 5. The molecular formula is C48H48N6O15. The molecule has 21 nitrogen and oxygen atoms in total. The number of nitrogens with one attached hydrogen (secondary N) is 5. The molecular weight excluding hydrogens is 901 g/mol. The van der Waals surface area contributed by atoms with Crippen molar-refractivity contribution in [3.63, 3.8) is 0 Å². The second-order valence-corrected chi connectivity index (χ2v) is 15.3. The fourth-order valence-corrected chi connectivity index (χ4v) is 6.38. The molecule has 0 heterocycles. The maximum Gasteiger partial charge on any atom is 0.337 e. The third-order valence-corrected chi connectivity index (χ3v) is 9.71. The van der Waals surface area contributed by atoms with Crippen LogP contribution < -0.4 is 36.1 Å². The molecule has 2 atom stereocenters. The Labute approximate surface area is 394 Å². The van der Waals surface area contributed by atoms with Crippen molar-refractivity contribution in [1.82, 2.24) is 5.32 Å². The monoisotopic (exact) mass is 948 g/mol. The summed E-state index contributed by atoms with van der Waals surface area (Å²) < 4.78 is 26.6. The molecule has 0 saturated heterocycles. The molecule has 6 N–H and O–H groups in total. The summed E-state index contributed by atoms with van der Waals surface area (Å²) in [5.74, 6) is -5.87. The highest BCUT2D eigenvalue weighted by atomic mass is 16.6. The van der Waals surface area contributed by atoms with Crippen molar-refractivity contribution in [2.45, 2.75) is 52.0 Å². The van der Waals surface area contributed by atoms with Crippen LogP contribution in [-0.2, 0) is 23.8 Å². The van der Waals surface area contributed by atoms with E-state index in [9.17, 15) is 48.8 Å². The summed E-state index contributed by atoms with van der Waals surface area (Å²) >= 11 is 0. The Bertz CT molecular complexity index is 2740. The number of hydrogen-bond acceptors (Lipinski definition) is 15. The van der Waals surface area contributed by atoms with E-state index in [0.717, 1.165) is 14.2 Å². The van der Waals surface area contributed by atoms with Gasteiger partial charge in [-0.1, -0.05) is 0 Å². The highest BCUT2D eigenvalue weighted by Crippen LogP contribution is 2.40. The van der Waals surface area contributed by atoms with E-state index in [2.05, 4.69) is 26.6 Å². The van der Waals surface area contributed by atoms with Crippen LogP contribution in [0.1, 0.15) is 79.5 Å². The number of nitro benzene ring substituents is 1. The molecule has 0 aliphatic rings. The molecule has 360 valence electrons. The quantitative estimate of drug-likeness (QED) is 0.0299. The number of phenolic OH excluding ortho intramolecular Hbond substituents is 1. The zero-order valence-corrected chi connectivity index (χ0v) is 38.2. The average molecular weight is 949 g/mol. The third kappa shape index (κ3) is 13.2. The zero-order chi connectivity index (χ0) is 50.5. The largest absolute Gasteiger partial charge is 0.504 e. The maximum atomic E-state index is 13.5. The number of ether oxygens (including phenoxy) is 5. The van der Waals surface area contributed by atoms with Crippen LogP contribution in [0, 0.1) is 10.1 Å². The van der Waals surface area contributed by atoms with Crippen LogP contribution in [-0.4, -0.2) is 97.2 Å². The molecule has 69 heavy (non-hydrogen) atoms. The van der Waals surface area contributed by atoms with Gasteiger partial charge in [0.2, 0.25) is 0 Å². The molecule has 0 saturated carbocycles. The summed E-state index contributed by atoms with van der Waals surface area (Å²) in [7, 11) is 3.43. The second-order valence-electron chi connectivity index (χ2n) is 15.3. The van der Waals surface area contributed by atoms with Crippen molar-refractivity contribution in [2.24, 2.45) is 0 Å². The van der Waals surface area contributed by atoms with E-state index in [1.165, 1.54) is 110 Å². The fourth-order valence-electron chi connectivity index (χ4n) is 6.38. The lowest BCUT2D eigenvalue weighted by atomic mass is 10.1. The van der Waals surface area contributed by atoms with Crippen molar-refractivity contribution in [3.8, 4) is 17.2 Å². The Kier molecular flexibility index (Phi) is 17.1. The number of non-ortho nitro benzene ring substituents is 1. The van der Waals surface area contributed by atoms with Gasteiger partial charge in [-0.25, -0.2) is 9.59 Å². The number of hydrogen-bond donors (Lipinski definition) is 6. The van der Waals surface area contributed by atoms with Gasteiger partial charge in [0.25, 0.3) is 35.2 Å². The van der Waals surface area contributed by atoms with Crippen LogP contribution in [0.3, 0.4) is 0 Å². The van der Waals surface area contributed by atoms with E-state index in [-0.39, 0.29) is 73.9 Å². The van der Waals surface area contributed by atoms with Gasteiger partial charge in [-0.05, 0) is 119 Å². The Morgan fingerprint density at radius 3 is 1.62 bits per heavy atom. The lowest BCUT2D eigenvalue weighted by molar-refractivity contribution is -0.384. The molecule has 0 aliphatic heterocycles. The number of carbonyl (C=O) groups excluding carboxylic acids is 7. The number of phenols is 1. The Morgan fingerprint density at radius 2 is 1.09 bits per heavy atom. The number of anilines is 4. The van der Waals surface area contributed by atoms with Gasteiger partial charge >= 0.3 is 11.9 Å². The average Bonchev–Trinajstić information content (AvgIpc) is 3.32. The van der Waals surface area contributed by atoms with Crippen LogP contribution in [0.4, 0.5) is 28.4 Å². The Hall–Kier alpha value is -8.85. The first kappa shape index (κ1) is 51.1. The smallest absolute Gasteiger partial charge is 0.337 e. The standard InChI is InChI=1S/C48H48N6O15/c1-25(2)68-37-24-30(47(61)66-6)14-22-35(37)51-45(59)34-21-23-36(40(39(34)55)69-26(3)4)52-43(57)27-8-17-32(18-9-27)50-46(60)41(65-5)38(48(62)67-7)53-44(58)28-10-15-31(16-11-28)49-42(56)29-12-19-33(20-13-29)54(63)64/h8-26,38,41,55H,1-7H3,(H,49,56)(H,50,60)(H,51,59)(H,52,57)(H,53,58)/t38-,41-/m0/s1.